The summed E-state index contributed by atoms with van der Waals surface area (Å²) in [5, 5.41) is 0. The Balaban J connectivity index is 0. The van der Waals surface area contributed by atoms with Crippen molar-refractivity contribution < 1.29 is 37.5 Å². The molecular formula is C9H17OY-. The molecule has 0 aliphatic carbocycles. The molecule has 0 N–H and O–H groups in total. The number of carbonyl (C=O) groups excluding carboxylic acids is 1. The van der Waals surface area contributed by atoms with E-state index in [1.165, 1.54) is 12.8 Å². The first-order valence-corrected chi connectivity index (χ1v) is 4.07. The Kier molecular flexibility index (Phi) is 11.5. The van der Waals surface area contributed by atoms with Gasteiger partial charge >= 0.3 is 0 Å². The van der Waals surface area contributed by atoms with Crippen molar-refractivity contribution in [1.82, 2.24) is 0 Å². The Morgan fingerprint density at radius 3 is 2.18 bits per heavy atom. The van der Waals surface area contributed by atoms with E-state index in [1.807, 2.05) is 6.29 Å². The van der Waals surface area contributed by atoms with E-state index in [0.29, 0.717) is 18.3 Å². The van der Waals surface area contributed by atoms with Crippen LogP contribution in [0.3, 0.4) is 0 Å². The van der Waals surface area contributed by atoms with E-state index >= 15 is 0 Å². The molecule has 0 aromatic heterocycles. The maximum atomic E-state index is 10.00. The summed E-state index contributed by atoms with van der Waals surface area (Å²) in [5.41, 5.74) is 0. The zero-order chi connectivity index (χ0) is 7.98. The second kappa shape index (κ2) is 8.87. The second-order valence-corrected chi connectivity index (χ2v) is 3.09. The first kappa shape index (κ1) is 14.3. The molecule has 0 bridgehead atoms. The van der Waals surface area contributed by atoms with Crippen molar-refractivity contribution in [1.29, 1.82) is 0 Å². The van der Waals surface area contributed by atoms with E-state index in [0.717, 1.165) is 0 Å². The third kappa shape index (κ3) is 7.15. The molecule has 0 saturated heterocycles. The number of rotatable bonds is 5. The Morgan fingerprint density at radius 2 is 1.82 bits per heavy atom. The van der Waals surface area contributed by atoms with Crippen LogP contribution in [0.5, 0.6) is 0 Å². The van der Waals surface area contributed by atoms with Crippen molar-refractivity contribution in [3.05, 3.63) is 0 Å². The summed E-state index contributed by atoms with van der Waals surface area (Å²) in [4.78, 5) is 10.00. The summed E-state index contributed by atoms with van der Waals surface area (Å²) in [7, 11) is 0. The van der Waals surface area contributed by atoms with Crippen LogP contribution in [0.25, 0.3) is 0 Å². The Morgan fingerprint density at radius 1 is 1.27 bits per heavy atom. The molecule has 2 atom stereocenters. The van der Waals surface area contributed by atoms with Crippen molar-refractivity contribution in [3.8, 4) is 0 Å². The van der Waals surface area contributed by atoms with Crippen molar-refractivity contribution in [2.45, 2.75) is 40.0 Å². The monoisotopic (exact) mass is 230 g/mol. The first-order valence-electron chi connectivity index (χ1n) is 4.07. The van der Waals surface area contributed by atoms with Crippen LogP contribution >= 0.6 is 0 Å². The average Bonchev–Trinajstić information content (AvgIpc) is 1.89. The molecular weight excluding hydrogens is 213 g/mol. The maximum absolute atomic E-state index is 10.00. The standard InChI is InChI=1S/C9H17O.Y/c1-4-5-8(2)9(3)6-7-10;/h8-9H,4-6H2,1-3H3;/q-1;. The molecule has 2 heteroatoms. The molecule has 0 amide bonds. The Hall–Kier alpha value is 0.774. The van der Waals surface area contributed by atoms with Gasteiger partial charge in [-0.25, -0.2) is 0 Å². The van der Waals surface area contributed by atoms with E-state index in [-0.39, 0.29) is 32.7 Å². The third-order valence-electron chi connectivity index (χ3n) is 2.12. The van der Waals surface area contributed by atoms with Crippen LogP contribution in [0.2, 0.25) is 0 Å². The van der Waals surface area contributed by atoms with Crippen LogP contribution in [-0.4, -0.2) is 6.29 Å². The zero-order valence-corrected chi connectivity index (χ0v) is 10.6. The molecule has 11 heavy (non-hydrogen) atoms. The minimum atomic E-state index is 0. The molecule has 63 valence electrons. The molecule has 0 spiro atoms. The van der Waals surface area contributed by atoms with Gasteiger partial charge in [0.25, 0.3) is 0 Å². The summed E-state index contributed by atoms with van der Waals surface area (Å²) < 4.78 is 0. The predicted octanol–water partition coefficient (Wildman–Crippen LogP) is 2.56. The van der Waals surface area contributed by atoms with Gasteiger partial charge in [0.05, 0.1) is 0 Å². The topological polar surface area (TPSA) is 17.1 Å². The summed E-state index contributed by atoms with van der Waals surface area (Å²) in [6, 6.07) is 0. The minimum absolute atomic E-state index is 0. The van der Waals surface area contributed by atoms with Gasteiger partial charge in [0.15, 0.2) is 0 Å². The molecule has 0 heterocycles. The number of hydrogen-bond acceptors (Lipinski definition) is 1. The van der Waals surface area contributed by atoms with Gasteiger partial charge < -0.3 is 4.79 Å². The van der Waals surface area contributed by atoms with Crippen molar-refractivity contribution >= 4 is 6.29 Å². The smallest absolute Gasteiger partial charge is 0 e. The molecule has 0 fully saturated rings. The van der Waals surface area contributed by atoms with Crippen LogP contribution in [-0.2, 0) is 37.5 Å². The van der Waals surface area contributed by atoms with E-state index in [2.05, 4.69) is 20.8 Å². The van der Waals surface area contributed by atoms with Crippen LogP contribution in [0.15, 0.2) is 0 Å². The SMILES string of the molecule is CCCC(C)C(C)C[C-]=O.[Y]. The summed E-state index contributed by atoms with van der Waals surface area (Å²) in [6.45, 7) is 6.49. The van der Waals surface area contributed by atoms with Gasteiger partial charge in [-0.3, -0.25) is 6.29 Å². The van der Waals surface area contributed by atoms with E-state index < -0.39 is 0 Å². The van der Waals surface area contributed by atoms with Gasteiger partial charge in [-0.15, -0.1) is 6.42 Å². The van der Waals surface area contributed by atoms with Gasteiger partial charge in [0, 0.05) is 32.7 Å². The van der Waals surface area contributed by atoms with Crippen molar-refractivity contribution in [2.24, 2.45) is 11.8 Å². The first-order chi connectivity index (χ1) is 4.72. The molecule has 0 aromatic rings. The van der Waals surface area contributed by atoms with Gasteiger partial charge in [0.1, 0.15) is 0 Å². The molecule has 0 aliphatic heterocycles. The summed E-state index contributed by atoms with van der Waals surface area (Å²) in [5.74, 6) is 1.18. The van der Waals surface area contributed by atoms with Gasteiger partial charge in [-0.2, -0.15) is 0 Å². The fourth-order valence-corrected chi connectivity index (χ4v) is 1.07. The largest absolute Gasteiger partial charge is 0.542 e. The van der Waals surface area contributed by atoms with Crippen LogP contribution in [0.4, 0.5) is 0 Å². The van der Waals surface area contributed by atoms with Crippen molar-refractivity contribution in [2.75, 3.05) is 0 Å². The van der Waals surface area contributed by atoms with Gasteiger partial charge in [0.2, 0.25) is 0 Å². The Labute approximate surface area is 95.2 Å². The maximum Gasteiger partial charge on any atom is 0 e. The van der Waals surface area contributed by atoms with Gasteiger partial charge in [-0.05, 0) is 5.92 Å². The fraction of sp³-hybridized carbons (Fsp3) is 0.889. The van der Waals surface area contributed by atoms with E-state index in [9.17, 15) is 4.79 Å². The minimum Gasteiger partial charge on any atom is -0.542 e. The summed E-state index contributed by atoms with van der Waals surface area (Å²) >= 11 is 0. The quantitative estimate of drug-likeness (QED) is 0.663. The molecule has 0 aliphatic rings. The molecule has 1 radical (unpaired) electrons. The van der Waals surface area contributed by atoms with Crippen molar-refractivity contribution in [3.63, 3.8) is 0 Å². The third-order valence-corrected chi connectivity index (χ3v) is 2.12. The van der Waals surface area contributed by atoms with E-state index in [1.54, 1.807) is 0 Å². The van der Waals surface area contributed by atoms with Crippen LogP contribution in [0, 0.1) is 11.8 Å². The molecule has 1 nitrogen and oxygen atoms in total. The average molecular weight is 230 g/mol. The molecule has 2 unspecified atom stereocenters. The molecule has 0 aromatic carbocycles. The second-order valence-electron chi connectivity index (χ2n) is 3.09. The normalized spacial score (nSPS) is 14.8. The van der Waals surface area contributed by atoms with Crippen LogP contribution in [0.1, 0.15) is 40.0 Å². The van der Waals surface area contributed by atoms with Gasteiger partial charge in [-0.1, -0.05) is 39.5 Å². The summed E-state index contributed by atoms with van der Waals surface area (Å²) in [6.07, 6.45) is 4.99. The van der Waals surface area contributed by atoms with Crippen LogP contribution < -0.4 is 0 Å². The Bertz CT molecular complexity index is 93.6. The van der Waals surface area contributed by atoms with E-state index in [4.69, 9.17) is 0 Å². The fourth-order valence-electron chi connectivity index (χ4n) is 1.07. The molecule has 0 rings (SSSR count). The number of hydrogen-bond donors (Lipinski definition) is 0. The zero-order valence-electron chi connectivity index (χ0n) is 7.76. The predicted molar refractivity (Wildman–Crippen MR) is 43.5 cm³/mol. The molecule has 0 saturated carbocycles.